The highest BCUT2D eigenvalue weighted by molar-refractivity contribution is 6.16. The molecule has 0 bridgehead atoms. The third-order valence-corrected chi connectivity index (χ3v) is 25.2. The van der Waals surface area contributed by atoms with E-state index in [0.29, 0.717) is 73.0 Å². The molecule has 0 atom stereocenters. The molecule has 0 aliphatic carbocycles. The SMILES string of the molecule is [C-]#[N+]c1ccc(-c2ccc3c(c2)c2cc(-c4ccc(C#N)cc4)ccc2n3-c2ccc(C#N)cc2-c2ccc(C)cc2-n2c3ccc(-c4ccc(C#N)cc4)cc3c3cc(-c4ccc([N+]#[C-])cc4)ccc32)cc1.[C-]#[N+]c1ccc(-c2ccc3c(c2)c2ccccc2n3-c2cc(C(F)(F)F)ccc2-c2cc([N+]#[C-])ccc2-n2c3ccccc3c3cc(-c4ccc(C#N)cc4)ccc32)cc1. The highest BCUT2D eigenvalue weighted by atomic mass is 19.4. The highest BCUT2D eigenvalue weighted by Crippen LogP contribution is 2.49. The number of benzene rings is 18. The van der Waals surface area contributed by atoms with E-state index in [9.17, 15) is 34.2 Å². The minimum absolute atomic E-state index is 0.317. The normalized spacial score (nSPS) is 11.2. The quantitative estimate of drug-likeness (QED) is 0.113. The number of nitrogens with zero attached hydrogens (tertiary/aromatic N) is 12. The molecule has 22 rings (SSSR count). The number of para-hydroxylation sites is 2. The van der Waals surface area contributed by atoms with Crippen molar-refractivity contribution in [2.75, 3.05) is 0 Å². The lowest BCUT2D eigenvalue weighted by molar-refractivity contribution is -0.137. The lowest BCUT2D eigenvalue weighted by atomic mass is 9.97. The van der Waals surface area contributed by atoms with Gasteiger partial charge in [0.25, 0.3) is 0 Å². The molecule has 0 saturated heterocycles. The Hall–Kier alpha value is -19.1. The Bertz CT molecular complexity index is 8770. The number of halogens is 3. The molecule has 4 aromatic heterocycles. The van der Waals surface area contributed by atoms with Gasteiger partial charge < -0.3 is 18.3 Å². The third kappa shape index (κ3) is 14.4. The fraction of sp³-hybridized carbons (Fsp3) is 0.0169. The summed E-state index contributed by atoms with van der Waals surface area (Å²) >= 11 is 0. The number of hydrogen-bond acceptors (Lipinski definition) is 4. The lowest BCUT2D eigenvalue weighted by Crippen LogP contribution is -2.08. The van der Waals surface area contributed by atoms with Crippen LogP contribution in [0.15, 0.2) is 376 Å². The maximum absolute atomic E-state index is 14.7. The Labute approximate surface area is 761 Å². The molecule has 618 valence electrons. The van der Waals surface area contributed by atoms with Gasteiger partial charge in [0.2, 0.25) is 0 Å². The van der Waals surface area contributed by atoms with Crippen LogP contribution < -0.4 is 0 Å². The molecule has 18 aromatic carbocycles. The Morgan fingerprint density at radius 1 is 0.226 bits per heavy atom. The smallest absolute Gasteiger partial charge is 0.309 e. The van der Waals surface area contributed by atoms with Gasteiger partial charge in [-0.1, -0.05) is 206 Å². The van der Waals surface area contributed by atoms with Crippen LogP contribution in [0.1, 0.15) is 33.4 Å². The number of rotatable bonds is 12. The molecule has 0 aliphatic heterocycles. The number of alkyl halides is 3. The van der Waals surface area contributed by atoms with E-state index in [1.807, 2.05) is 217 Å². The summed E-state index contributed by atoms with van der Waals surface area (Å²) in [6, 6.07) is 130. The molecular formula is C118H65F3N12. The second-order valence-electron chi connectivity index (χ2n) is 32.7. The van der Waals surface area contributed by atoms with Gasteiger partial charge in [-0.15, -0.1) is 0 Å². The molecule has 22 aromatic rings. The second-order valence-corrected chi connectivity index (χ2v) is 32.7. The van der Waals surface area contributed by atoms with Gasteiger partial charge in [0.05, 0.1) is 145 Å². The lowest BCUT2D eigenvalue weighted by Gasteiger charge is -2.20. The van der Waals surface area contributed by atoms with E-state index < -0.39 is 11.7 Å². The molecule has 15 heteroatoms. The van der Waals surface area contributed by atoms with Crippen molar-refractivity contribution in [1.82, 2.24) is 18.3 Å². The average Bonchev–Trinajstić information content (AvgIpc) is 1.64. The summed E-state index contributed by atoms with van der Waals surface area (Å²) in [5.74, 6) is 0. The number of aryl methyl sites for hydroxylation is 1. The first-order valence-electron chi connectivity index (χ1n) is 42.6. The van der Waals surface area contributed by atoms with Crippen LogP contribution in [-0.2, 0) is 6.18 Å². The first-order valence-corrected chi connectivity index (χ1v) is 42.6. The van der Waals surface area contributed by atoms with Gasteiger partial charge >= 0.3 is 6.18 Å². The van der Waals surface area contributed by atoms with Crippen molar-refractivity contribution >= 4 is 110 Å². The predicted molar refractivity (Wildman–Crippen MR) is 527 cm³/mol. The van der Waals surface area contributed by atoms with Gasteiger partial charge in [0.1, 0.15) is 0 Å². The molecule has 0 spiro atoms. The fourth-order valence-electron chi connectivity index (χ4n) is 18.7. The standard InChI is InChI=1S/C66H37N7.C52H28F3N5/c1-41-4-26-55(66(32-41)73-64-30-20-50(46-12-7-43(39-68)8-13-46)35-59(64)60-37-52(21-31-65(60)73)48-16-24-54(71-3)25-17-48)56-33-44(40-69)9-27-61(56)72-62-28-18-49(45-10-5-42(38-67)6-11-45)34-57(62)58-36-51(19-29-63(58)72)47-14-22-53(70-2)23-15-47;1-57-38-20-15-34(16-21-38)36-18-25-49-44(28-36)41-8-4-6-10-47(41)60(49)51-29-37(52(53,54)55)19-23-42(51)45-30-39(58-2)22-26-50(45)59-46-9-5-3-7-40(46)43-27-35(17-24-48(43)59)33-13-11-32(31-56)12-14-33/h4-37H,1H3;3-30H. The number of hydrogen-bond donors (Lipinski definition) is 0. The van der Waals surface area contributed by atoms with Gasteiger partial charge in [-0.25, -0.2) is 19.4 Å². The van der Waals surface area contributed by atoms with Crippen LogP contribution in [0.2, 0.25) is 0 Å². The zero-order valence-corrected chi connectivity index (χ0v) is 70.8. The van der Waals surface area contributed by atoms with Crippen LogP contribution in [-0.4, -0.2) is 18.3 Å². The molecule has 0 unspecified atom stereocenters. The van der Waals surface area contributed by atoms with Gasteiger partial charge in [-0.3, -0.25) is 0 Å². The minimum Gasteiger partial charge on any atom is -0.309 e. The molecule has 133 heavy (non-hydrogen) atoms. The predicted octanol–water partition coefficient (Wildman–Crippen LogP) is 32.1. The number of nitriles is 4. The summed E-state index contributed by atoms with van der Waals surface area (Å²) in [7, 11) is 0. The maximum atomic E-state index is 14.7. The van der Waals surface area contributed by atoms with E-state index in [4.69, 9.17) is 26.3 Å². The van der Waals surface area contributed by atoms with E-state index in [1.165, 1.54) is 12.1 Å². The monoisotopic (exact) mass is 1710 g/mol. The maximum Gasteiger partial charge on any atom is 0.416 e. The van der Waals surface area contributed by atoms with Crippen molar-refractivity contribution in [3.05, 3.63) is 455 Å². The third-order valence-electron chi connectivity index (χ3n) is 25.2. The van der Waals surface area contributed by atoms with Crippen LogP contribution in [0.4, 0.5) is 35.9 Å². The Balaban J connectivity index is 0.000000163. The summed E-state index contributed by atoms with van der Waals surface area (Å²) in [6.07, 6.45) is -4.63. The second kappa shape index (κ2) is 33.0. The van der Waals surface area contributed by atoms with E-state index in [2.05, 4.69) is 173 Å². The van der Waals surface area contributed by atoms with Crippen LogP contribution in [0.25, 0.3) is 218 Å². The molecule has 0 fully saturated rings. The number of aromatic nitrogens is 4. The van der Waals surface area contributed by atoms with Gasteiger partial charge in [-0.2, -0.15) is 34.2 Å². The van der Waals surface area contributed by atoms with Crippen molar-refractivity contribution in [2.24, 2.45) is 0 Å². The molecule has 0 amide bonds. The van der Waals surface area contributed by atoms with Crippen molar-refractivity contribution in [2.45, 2.75) is 13.1 Å². The van der Waals surface area contributed by atoms with Crippen LogP contribution >= 0.6 is 0 Å². The molecule has 12 nitrogen and oxygen atoms in total. The van der Waals surface area contributed by atoms with Crippen LogP contribution in [0.5, 0.6) is 0 Å². The summed E-state index contributed by atoms with van der Waals surface area (Å²) in [4.78, 5) is 14.5. The Morgan fingerprint density at radius 2 is 0.489 bits per heavy atom. The van der Waals surface area contributed by atoms with E-state index in [-0.39, 0.29) is 0 Å². The van der Waals surface area contributed by atoms with E-state index in [1.54, 1.807) is 36.4 Å². The van der Waals surface area contributed by atoms with Crippen LogP contribution in [0, 0.1) is 78.5 Å². The molecule has 4 heterocycles. The fourth-order valence-corrected chi connectivity index (χ4v) is 18.7. The first kappa shape index (κ1) is 80.9. The number of fused-ring (bicyclic) bond motifs is 12. The van der Waals surface area contributed by atoms with E-state index >= 15 is 0 Å². The van der Waals surface area contributed by atoms with Crippen molar-refractivity contribution in [1.29, 1.82) is 21.0 Å². The Kier molecular flexibility index (Phi) is 20.1. The van der Waals surface area contributed by atoms with E-state index in [0.717, 1.165) is 183 Å². The van der Waals surface area contributed by atoms with Gasteiger partial charge in [0, 0.05) is 59.8 Å². The molecule has 0 radical (unpaired) electrons. The summed E-state index contributed by atoms with van der Waals surface area (Å²) in [5.41, 5.74) is 29.5. The zero-order chi connectivity index (χ0) is 90.9. The largest absolute Gasteiger partial charge is 0.416 e. The van der Waals surface area contributed by atoms with Crippen molar-refractivity contribution in [3.63, 3.8) is 0 Å². The zero-order valence-electron chi connectivity index (χ0n) is 70.8. The first-order chi connectivity index (χ1) is 65.0. The highest BCUT2D eigenvalue weighted by Gasteiger charge is 2.33. The average molecular weight is 1710 g/mol. The molecule has 0 N–H and O–H groups in total. The molecular weight excluding hydrogens is 1640 g/mol. The van der Waals surface area contributed by atoms with Crippen molar-refractivity contribution in [3.8, 4) is 136 Å². The Morgan fingerprint density at radius 3 is 0.820 bits per heavy atom. The van der Waals surface area contributed by atoms with Crippen LogP contribution in [0.3, 0.4) is 0 Å². The van der Waals surface area contributed by atoms with Crippen molar-refractivity contribution < 1.29 is 13.2 Å². The molecule has 0 saturated carbocycles. The summed E-state index contributed by atoms with van der Waals surface area (Å²) < 4.78 is 52.9. The topological polar surface area (TPSA) is 132 Å². The summed E-state index contributed by atoms with van der Waals surface area (Å²) in [6.45, 7) is 32.5. The summed E-state index contributed by atoms with van der Waals surface area (Å²) in [5, 5.41) is 46.9. The minimum atomic E-state index is -4.63. The molecule has 0 aliphatic rings. The van der Waals surface area contributed by atoms with Gasteiger partial charge in [-0.05, 0) is 255 Å². The van der Waals surface area contributed by atoms with Gasteiger partial charge in [0.15, 0.2) is 22.7 Å².